The Hall–Kier alpha value is -1.00. The lowest BCUT2D eigenvalue weighted by Crippen LogP contribution is -2.08. The first-order chi connectivity index (χ1) is 5.77. The molecular weight excluding hydrogens is 188 g/mol. The van der Waals surface area contributed by atoms with E-state index < -0.39 is 0 Å². The maximum absolute atomic E-state index is 5.49. The molecule has 0 bridgehead atoms. The van der Waals surface area contributed by atoms with Crippen molar-refractivity contribution in [3.05, 3.63) is 29.3 Å². The minimum Gasteiger partial charge on any atom is -0.389 e. The summed E-state index contributed by atoms with van der Waals surface area (Å²) in [7, 11) is 0. The molecule has 1 heterocycles. The monoisotopic (exact) mass is 194 g/mol. The SMILES string of the molecule is NC(=S)c1ccc2ncsc2c1. The highest BCUT2D eigenvalue weighted by atomic mass is 32.1. The Morgan fingerprint density at radius 1 is 1.50 bits per heavy atom. The van der Waals surface area contributed by atoms with Gasteiger partial charge in [0.2, 0.25) is 0 Å². The molecule has 2 nitrogen and oxygen atoms in total. The first-order valence-electron chi connectivity index (χ1n) is 3.40. The number of rotatable bonds is 1. The van der Waals surface area contributed by atoms with Gasteiger partial charge in [0.25, 0.3) is 0 Å². The zero-order valence-electron chi connectivity index (χ0n) is 6.15. The summed E-state index contributed by atoms with van der Waals surface area (Å²) in [5.74, 6) is 0. The minimum absolute atomic E-state index is 0.435. The zero-order valence-corrected chi connectivity index (χ0v) is 7.78. The average Bonchev–Trinajstić information content (AvgIpc) is 2.49. The van der Waals surface area contributed by atoms with Crippen LogP contribution < -0.4 is 5.73 Å². The van der Waals surface area contributed by atoms with E-state index in [1.165, 1.54) is 0 Å². The van der Waals surface area contributed by atoms with Gasteiger partial charge in [-0.3, -0.25) is 0 Å². The highest BCUT2D eigenvalue weighted by Crippen LogP contribution is 2.18. The molecule has 0 atom stereocenters. The molecule has 0 fully saturated rings. The molecule has 0 saturated heterocycles. The molecule has 0 aliphatic heterocycles. The summed E-state index contributed by atoms with van der Waals surface area (Å²) in [5, 5.41) is 0. The number of thiazole rings is 1. The molecule has 0 saturated carbocycles. The van der Waals surface area contributed by atoms with Gasteiger partial charge in [0.1, 0.15) is 4.99 Å². The first-order valence-corrected chi connectivity index (χ1v) is 4.69. The molecular formula is C8H6N2S2. The van der Waals surface area contributed by atoms with Crippen molar-refractivity contribution in [2.75, 3.05) is 0 Å². The van der Waals surface area contributed by atoms with Crippen molar-refractivity contribution in [1.82, 2.24) is 4.98 Å². The molecule has 2 N–H and O–H groups in total. The Morgan fingerprint density at radius 3 is 3.08 bits per heavy atom. The number of thiocarbonyl (C=S) groups is 1. The van der Waals surface area contributed by atoms with Crippen LogP contribution in [0.15, 0.2) is 23.7 Å². The predicted octanol–water partition coefficient (Wildman–Crippen LogP) is 1.93. The van der Waals surface area contributed by atoms with Crippen LogP contribution in [0.5, 0.6) is 0 Å². The molecule has 60 valence electrons. The Balaban J connectivity index is 2.68. The van der Waals surface area contributed by atoms with Crippen LogP contribution in [0.3, 0.4) is 0 Å². The van der Waals surface area contributed by atoms with Crippen molar-refractivity contribution in [3.8, 4) is 0 Å². The number of hydrogen-bond donors (Lipinski definition) is 1. The largest absolute Gasteiger partial charge is 0.389 e. The fourth-order valence-electron chi connectivity index (χ4n) is 1.01. The van der Waals surface area contributed by atoms with Crippen LogP contribution in [0.2, 0.25) is 0 Å². The molecule has 1 aromatic heterocycles. The Bertz CT molecular complexity index is 433. The minimum atomic E-state index is 0.435. The van der Waals surface area contributed by atoms with Gasteiger partial charge in [0, 0.05) is 5.56 Å². The maximum Gasteiger partial charge on any atom is 0.104 e. The van der Waals surface area contributed by atoms with Gasteiger partial charge in [-0.2, -0.15) is 0 Å². The predicted molar refractivity (Wildman–Crippen MR) is 55.5 cm³/mol. The van der Waals surface area contributed by atoms with Crippen LogP contribution in [0.1, 0.15) is 5.56 Å². The highest BCUT2D eigenvalue weighted by molar-refractivity contribution is 7.80. The van der Waals surface area contributed by atoms with Crippen LogP contribution >= 0.6 is 23.6 Å². The Kier molecular flexibility index (Phi) is 1.78. The zero-order chi connectivity index (χ0) is 8.55. The third-order valence-corrected chi connectivity index (χ3v) is 2.64. The topological polar surface area (TPSA) is 38.9 Å². The second-order valence-corrected chi connectivity index (χ2v) is 3.73. The fraction of sp³-hybridized carbons (Fsp3) is 0. The number of nitrogens with two attached hydrogens (primary N) is 1. The molecule has 0 amide bonds. The molecule has 4 heteroatoms. The highest BCUT2D eigenvalue weighted by Gasteiger charge is 1.99. The molecule has 2 rings (SSSR count). The second kappa shape index (κ2) is 2.80. The molecule has 0 aliphatic carbocycles. The smallest absolute Gasteiger partial charge is 0.104 e. The van der Waals surface area contributed by atoms with E-state index in [9.17, 15) is 0 Å². The van der Waals surface area contributed by atoms with Gasteiger partial charge in [-0.1, -0.05) is 12.2 Å². The van der Waals surface area contributed by atoms with Crippen LogP contribution in [0.4, 0.5) is 0 Å². The molecule has 1 aromatic carbocycles. The van der Waals surface area contributed by atoms with Crippen molar-refractivity contribution >= 4 is 38.8 Å². The van der Waals surface area contributed by atoms with Crippen molar-refractivity contribution in [2.24, 2.45) is 5.73 Å². The van der Waals surface area contributed by atoms with Crippen molar-refractivity contribution in [2.45, 2.75) is 0 Å². The van der Waals surface area contributed by atoms with E-state index >= 15 is 0 Å². The fourth-order valence-corrected chi connectivity index (χ4v) is 1.85. The summed E-state index contributed by atoms with van der Waals surface area (Å²) in [6.07, 6.45) is 0. The standard InChI is InChI=1S/C8H6N2S2/c9-8(11)5-1-2-6-7(3-5)12-4-10-6/h1-4H,(H2,9,11). The van der Waals surface area contributed by atoms with Crippen LogP contribution in [-0.4, -0.2) is 9.97 Å². The third kappa shape index (κ3) is 1.19. The van der Waals surface area contributed by atoms with Gasteiger partial charge >= 0.3 is 0 Å². The van der Waals surface area contributed by atoms with Gasteiger partial charge in [0.05, 0.1) is 15.7 Å². The van der Waals surface area contributed by atoms with Crippen LogP contribution in [0.25, 0.3) is 10.2 Å². The molecule has 0 radical (unpaired) electrons. The van der Waals surface area contributed by atoms with Crippen LogP contribution in [-0.2, 0) is 0 Å². The van der Waals surface area contributed by atoms with Gasteiger partial charge < -0.3 is 5.73 Å². The van der Waals surface area contributed by atoms with Crippen molar-refractivity contribution < 1.29 is 0 Å². The van der Waals surface area contributed by atoms with Crippen molar-refractivity contribution in [1.29, 1.82) is 0 Å². The summed E-state index contributed by atoms with van der Waals surface area (Å²) in [6, 6.07) is 5.79. The van der Waals surface area contributed by atoms with Gasteiger partial charge in [0.15, 0.2) is 0 Å². The van der Waals surface area contributed by atoms with E-state index in [0.717, 1.165) is 15.8 Å². The first kappa shape index (κ1) is 7.64. The second-order valence-electron chi connectivity index (χ2n) is 2.40. The Morgan fingerprint density at radius 2 is 2.33 bits per heavy atom. The normalized spacial score (nSPS) is 10.3. The quantitative estimate of drug-likeness (QED) is 0.705. The number of fused-ring (bicyclic) bond motifs is 1. The van der Waals surface area contributed by atoms with E-state index in [1.807, 2.05) is 23.7 Å². The van der Waals surface area contributed by atoms with Gasteiger partial charge in [-0.05, 0) is 18.2 Å². The summed E-state index contributed by atoms with van der Waals surface area (Å²) < 4.78 is 1.13. The molecule has 12 heavy (non-hydrogen) atoms. The molecule has 0 aliphatic rings. The summed E-state index contributed by atoms with van der Waals surface area (Å²) in [5.41, 5.74) is 9.21. The van der Waals surface area contributed by atoms with E-state index in [1.54, 1.807) is 11.3 Å². The summed E-state index contributed by atoms with van der Waals surface area (Å²) in [4.78, 5) is 4.59. The van der Waals surface area contributed by atoms with E-state index in [4.69, 9.17) is 18.0 Å². The van der Waals surface area contributed by atoms with Gasteiger partial charge in [-0.25, -0.2) is 4.98 Å². The molecule has 0 spiro atoms. The maximum atomic E-state index is 5.49. The number of aromatic nitrogens is 1. The number of benzene rings is 1. The van der Waals surface area contributed by atoms with Crippen LogP contribution in [0, 0.1) is 0 Å². The summed E-state index contributed by atoms with van der Waals surface area (Å²) >= 11 is 6.45. The van der Waals surface area contributed by atoms with Gasteiger partial charge in [-0.15, -0.1) is 11.3 Å². The average molecular weight is 194 g/mol. The lowest BCUT2D eigenvalue weighted by Gasteiger charge is -1.95. The lowest BCUT2D eigenvalue weighted by atomic mass is 10.2. The van der Waals surface area contributed by atoms with Crippen molar-refractivity contribution in [3.63, 3.8) is 0 Å². The number of nitrogens with zero attached hydrogens (tertiary/aromatic N) is 1. The number of hydrogen-bond acceptors (Lipinski definition) is 3. The third-order valence-electron chi connectivity index (χ3n) is 1.62. The summed E-state index contributed by atoms with van der Waals surface area (Å²) in [6.45, 7) is 0. The van der Waals surface area contributed by atoms with E-state index in [2.05, 4.69) is 4.98 Å². The lowest BCUT2D eigenvalue weighted by molar-refractivity contribution is 1.50. The Labute approximate surface area is 79.0 Å². The molecule has 2 aromatic rings. The van der Waals surface area contributed by atoms with E-state index in [0.29, 0.717) is 4.99 Å². The van der Waals surface area contributed by atoms with E-state index in [-0.39, 0.29) is 0 Å². The molecule has 0 unspecified atom stereocenters.